The Morgan fingerprint density at radius 1 is 1.25 bits per heavy atom. The highest BCUT2D eigenvalue weighted by atomic mass is 35.5. The van der Waals surface area contributed by atoms with Crippen molar-refractivity contribution in [3.05, 3.63) is 49.4 Å². The smallest absolute Gasteiger partial charge is 0.263 e. The van der Waals surface area contributed by atoms with Gasteiger partial charge >= 0.3 is 0 Å². The second-order valence-electron chi connectivity index (χ2n) is 6.35. The van der Waals surface area contributed by atoms with Crippen LogP contribution in [0.1, 0.15) is 34.3 Å². The van der Waals surface area contributed by atoms with Gasteiger partial charge in [0.15, 0.2) is 5.13 Å². The molecule has 28 heavy (non-hydrogen) atoms. The van der Waals surface area contributed by atoms with Crippen molar-refractivity contribution >= 4 is 62.6 Å². The first-order chi connectivity index (χ1) is 13.4. The topological polar surface area (TPSA) is 80.0 Å². The number of carbonyl (C=O) groups is 1. The Kier molecular flexibility index (Phi) is 6.95. The Bertz CT molecular complexity index is 984. The number of amides is 1. The molecule has 2 heterocycles. The molecule has 5 nitrogen and oxygen atoms in total. The Morgan fingerprint density at radius 2 is 2.04 bits per heavy atom. The monoisotopic (exact) mass is 454 g/mol. The SMILES string of the molecule is CC(C)c1sc(Nc2ccsc2C(=O)NCCN)nc1-c1ccc(Cl)c(Cl)c1. The van der Waals surface area contributed by atoms with Gasteiger partial charge in [-0.15, -0.1) is 22.7 Å². The lowest BCUT2D eigenvalue weighted by Crippen LogP contribution is -2.28. The number of benzene rings is 1. The Labute approximate surface area is 181 Å². The van der Waals surface area contributed by atoms with Crippen molar-refractivity contribution in [3.63, 3.8) is 0 Å². The van der Waals surface area contributed by atoms with E-state index in [1.54, 1.807) is 17.4 Å². The van der Waals surface area contributed by atoms with Crippen LogP contribution in [0.3, 0.4) is 0 Å². The molecule has 0 radical (unpaired) electrons. The van der Waals surface area contributed by atoms with Crippen molar-refractivity contribution in [1.82, 2.24) is 10.3 Å². The molecule has 0 saturated heterocycles. The molecular weight excluding hydrogens is 435 g/mol. The molecule has 9 heteroatoms. The summed E-state index contributed by atoms with van der Waals surface area (Å²) in [5.74, 6) is 0.139. The predicted octanol–water partition coefficient (Wildman–Crippen LogP) is 5.73. The summed E-state index contributed by atoms with van der Waals surface area (Å²) in [6, 6.07) is 7.38. The fourth-order valence-electron chi connectivity index (χ4n) is 2.59. The number of rotatable bonds is 7. The number of anilines is 2. The summed E-state index contributed by atoms with van der Waals surface area (Å²) in [6.07, 6.45) is 0. The fraction of sp³-hybridized carbons (Fsp3) is 0.263. The van der Waals surface area contributed by atoms with Gasteiger partial charge in [0.05, 0.1) is 21.4 Å². The molecule has 1 aromatic carbocycles. The maximum absolute atomic E-state index is 12.3. The molecule has 3 aromatic rings. The first-order valence-corrected chi connectivity index (χ1v) is 11.1. The molecule has 3 rings (SSSR count). The minimum absolute atomic E-state index is 0.145. The lowest BCUT2D eigenvalue weighted by molar-refractivity contribution is 0.0959. The van der Waals surface area contributed by atoms with Gasteiger partial charge in [0, 0.05) is 23.5 Å². The predicted molar refractivity (Wildman–Crippen MR) is 121 cm³/mol. The van der Waals surface area contributed by atoms with Gasteiger partial charge in [-0.1, -0.05) is 43.1 Å². The molecule has 0 aliphatic rings. The van der Waals surface area contributed by atoms with Crippen LogP contribution in [0.25, 0.3) is 11.3 Å². The van der Waals surface area contributed by atoms with Gasteiger partial charge in [-0.3, -0.25) is 4.79 Å². The molecule has 0 saturated carbocycles. The van der Waals surface area contributed by atoms with Crippen LogP contribution in [0.15, 0.2) is 29.6 Å². The maximum Gasteiger partial charge on any atom is 0.263 e. The Hall–Kier alpha value is -1.64. The number of thiophene rings is 1. The zero-order valence-corrected chi connectivity index (χ0v) is 18.5. The van der Waals surface area contributed by atoms with Crippen molar-refractivity contribution in [2.45, 2.75) is 19.8 Å². The average Bonchev–Trinajstić information content (AvgIpc) is 3.29. The van der Waals surface area contributed by atoms with Crippen LogP contribution in [0.5, 0.6) is 0 Å². The van der Waals surface area contributed by atoms with Gasteiger partial charge in [0.2, 0.25) is 0 Å². The Balaban J connectivity index is 1.92. The minimum Gasteiger partial charge on any atom is -0.350 e. The van der Waals surface area contributed by atoms with Crippen molar-refractivity contribution < 1.29 is 4.79 Å². The molecule has 0 unspecified atom stereocenters. The normalized spacial score (nSPS) is 11.1. The number of hydrogen-bond acceptors (Lipinski definition) is 6. The van der Waals surface area contributed by atoms with E-state index < -0.39 is 0 Å². The highest BCUT2D eigenvalue weighted by Crippen LogP contribution is 2.39. The van der Waals surface area contributed by atoms with Gasteiger partial charge in [-0.05, 0) is 29.5 Å². The van der Waals surface area contributed by atoms with Crippen LogP contribution in [0.4, 0.5) is 10.8 Å². The van der Waals surface area contributed by atoms with Crippen LogP contribution < -0.4 is 16.4 Å². The van der Waals surface area contributed by atoms with E-state index >= 15 is 0 Å². The molecular formula is C19H20Cl2N4OS2. The van der Waals surface area contributed by atoms with E-state index in [0.717, 1.165) is 27.0 Å². The summed E-state index contributed by atoms with van der Waals surface area (Å²) in [4.78, 5) is 18.8. The molecule has 0 atom stereocenters. The summed E-state index contributed by atoms with van der Waals surface area (Å²) < 4.78 is 0. The number of halogens is 2. The van der Waals surface area contributed by atoms with Crippen LogP contribution >= 0.6 is 45.9 Å². The molecule has 0 aliphatic heterocycles. The second kappa shape index (κ2) is 9.24. The minimum atomic E-state index is -0.145. The Morgan fingerprint density at radius 3 is 2.71 bits per heavy atom. The third-order valence-electron chi connectivity index (χ3n) is 3.91. The maximum atomic E-state index is 12.3. The van der Waals surface area contributed by atoms with E-state index in [-0.39, 0.29) is 11.8 Å². The summed E-state index contributed by atoms with van der Waals surface area (Å²) in [5.41, 5.74) is 7.96. The summed E-state index contributed by atoms with van der Waals surface area (Å²) in [7, 11) is 0. The van der Waals surface area contributed by atoms with E-state index in [1.165, 1.54) is 11.3 Å². The first-order valence-electron chi connectivity index (χ1n) is 8.69. The fourth-order valence-corrected chi connectivity index (χ4v) is 4.66. The third-order valence-corrected chi connectivity index (χ3v) is 6.84. The number of nitrogens with one attached hydrogen (secondary N) is 2. The van der Waals surface area contributed by atoms with Crippen LogP contribution in [-0.2, 0) is 0 Å². The van der Waals surface area contributed by atoms with E-state index in [0.29, 0.717) is 28.0 Å². The summed E-state index contributed by atoms with van der Waals surface area (Å²) in [5, 5.41) is 9.68. The first kappa shape index (κ1) is 21.1. The molecule has 0 aliphatic carbocycles. The number of aromatic nitrogens is 1. The zero-order chi connectivity index (χ0) is 20.3. The van der Waals surface area contributed by atoms with E-state index in [9.17, 15) is 4.79 Å². The summed E-state index contributed by atoms with van der Waals surface area (Å²) >= 11 is 15.2. The standard InChI is InChI=1S/C19H20Cl2N4OS2/c1-10(2)16-15(11-3-4-12(20)13(21)9-11)25-19(28-16)24-14-5-8-27-17(14)18(26)23-7-6-22/h3-5,8-10H,6-7,22H2,1-2H3,(H,23,26)(H,24,25). The van der Waals surface area contributed by atoms with Crippen molar-refractivity contribution in [1.29, 1.82) is 0 Å². The molecule has 2 aromatic heterocycles. The van der Waals surface area contributed by atoms with Crippen molar-refractivity contribution in [3.8, 4) is 11.3 Å². The summed E-state index contributed by atoms with van der Waals surface area (Å²) in [6.45, 7) is 5.08. The number of carbonyl (C=O) groups excluding carboxylic acids is 1. The van der Waals surface area contributed by atoms with Crippen molar-refractivity contribution in [2.75, 3.05) is 18.4 Å². The molecule has 148 valence electrons. The molecule has 0 spiro atoms. The lowest BCUT2D eigenvalue weighted by atomic mass is 10.1. The number of thiazole rings is 1. The van der Waals surface area contributed by atoms with Gasteiger partial charge in [-0.25, -0.2) is 4.98 Å². The number of nitrogens with two attached hydrogens (primary N) is 1. The van der Waals surface area contributed by atoms with Gasteiger partial charge < -0.3 is 16.4 Å². The zero-order valence-electron chi connectivity index (χ0n) is 15.4. The largest absolute Gasteiger partial charge is 0.350 e. The van der Waals surface area contributed by atoms with E-state index in [4.69, 9.17) is 33.9 Å². The average molecular weight is 455 g/mol. The molecule has 0 bridgehead atoms. The molecule has 1 amide bonds. The number of nitrogens with zero attached hydrogens (tertiary/aromatic N) is 1. The molecule has 4 N–H and O–H groups in total. The highest BCUT2D eigenvalue weighted by Gasteiger charge is 2.19. The second-order valence-corrected chi connectivity index (χ2v) is 9.11. The molecule has 0 fully saturated rings. The van der Waals surface area contributed by atoms with Crippen LogP contribution in [-0.4, -0.2) is 24.0 Å². The van der Waals surface area contributed by atoms with E-state index in [1.807, 2.05) is 23.6 Å². The highest BCUT2D eigenvalue weighted by molar-refractivity contribution is 7.16. The van der Waals surface area contributed by atoms with Gasteiger partial charge in [-0.2, -0.15) is 0 Å². The van der Waals surface area contributed by atoms with Crippen LogP contribution in [0, 0.1) is 0 Å². The quantitative estimate of drug-likeness (QED) is 0.425. The van der Waals surface area contributed by atoms with Gasteiger partial charge in [0.25, 0.3) is 5.91 Å². The van der Waals surface area contributed by atoms with Crippen LogP contribution in [0.2, 0.25) is 10.0 Å². The van der Waals surface area contributed by atoms with Gasteiger partial charge in [0.1, 0.15) is 4.88 Å². The van der Waals surface area contributed by atoms with Crippen molar-refractivity contribution in [2.24, 2.45) is 5.73 Å². The third kappa shape index (κ3) is 4.67. The lowest BCUT2D eigenvalue weighted by Gasteiger charge is -2.06. The van der Waals surface area contributed by atoms with E-state index in [2.05, 4.69) is 24.5 Å². The number of hydrogen-bond donors (Lipinski definition) is 3.